The number of sulfonamides is 1. The van der Waals surface area contributed by atoms with E-state index in [9.17, 15) is 13.2 Å². The van der Waals surface area contributed by atoms with Gasteiger partial charge in [0.05, 0.1) is 23.3 Å². The van der Waals surface area contributed by atoms with Crippen LogP contribution in [0.3, 0.4) is 0 Å². The van der Waals surface area contributed by atoms with Crippen molar-refractivity contribution >= 4 is 21.6 Å². The molecule has 0 aliphatic rings. The van der Waals surface area contributed by atoms with Gasteiger partial charge in [0, 0.05) is 18.9 Å². The SMILES string of the molecule is COc1ccc(S(=O)(=O)Nc2ccccc2C(=O)NCc2cccnc2)cc1C(C)C. The summed E-state index contributed by atoms with van der Waals surface area (Å²) < 4.78 is 34.0. The monoisotopic (exact) mass is 439 g/mol. The predicted molar refractivity (Wildman–Crippen MR) is 120 cm³/mol. The zero-order chi connectivity index (χ0) is 22.4. The average molecular weight is 440 g/mol. The number of ether oxygens (including phenoxy) is 1. The highest BCUT2D eigenvalue weighted by Crippen LogP contribution is 2.30. The Bertz CT molecular complexity index is 1160. The Kier molecular flexibility index (Phi) is 6.91. The van der Waals surface area contributed by atoms with Crippen molar-refractivity contribution in [3.63, 3.8) is 0 Å². The summed E-state index contributed by atoms with van der Waals surface area (Å²) in [5.41, 5.74) is 2.06. The van der Waals surface area contributed by atoms with Crippen molar-refractivity contribution in [2.75, 3.05) is 11.8 Å². The predicted octanol–water partition coefficient (Wildman–Crippen LogP) is 3.94. The number of benzene rings is 2. The normalized spacial score (nSPS) is 11.2. The van der Waals surface area contributed by atoms with Gasteiger partial charge in [-0.15, -0.1) is 0 Å². The molecule has 7 nitrogen and oxygen atoms in total. The van der Waals surface area contributed by atoms with Crippen LogP contribution < -0.4 is 14.8 Å². The molecule has 0 atom stereocenters. The first-order valence-corrected chi connectivity index (χ1v) is 11.3. The number of para-hydroxylation sites is 1. The number of rotatable bonds is 8. The van der Waals surface area contributed by atoms with Crippen LogP contribution in [0.2, 0.25) is 0 Å². The minimum atomic E-state index is -3.91. The Morgan fingerprint density at radius 1 is 1.10 bits per heavy atom. The van der Waals surface area contributed by atoms with E-state index in [-0.39, 0.29) is 34.5 Å². The van der Waals surface area contributed by atoms with Crippen molar-refractivity contribution < 1.29 is 17.9 Å². The highest BCUT2D eigenvalue weighted by molar-refractivity contribution is 7.92. The Balaban J connectivity index is 1.84. The highest BCUT2D eigenvalue weighted by Gasteiger charge is 2.21. The number of aromatic nitrogens is 1. The summed E-state index contributed by atoms with van der Waals surface area (Å²) in [6, 6.07) is 14.8. The van der Waals surface area contributed by atoms with Gasteiger partial charge in [-0.05, 0) is 53.4 Å². The number of hydrogen-bond acceptors (Lipinski definition) is 5. The van der Waals surface area contributed by atoms with Crippen molar-refractivity contribution in [2.24, 2.45) is 0 Å². The number of nitrogens with one attached hydrogen (secondary N) is 2. The first-order chi connectivity index (χ1) is 14.8. The quantitative estimate of drug-likeness (QED) is 0.554. The Morgan fingerprint density at radius 2 is 1.87 bits per heavy atom. The number of pyridine rings is 1. The van der Waals surface area contributed by atoms with Crippen molar-refractivity contribution in [2.45, 2.75) is 31.2 Å². The minimum Gasteiger partial charge on any atom is -0.496 e. The van der Waals surface area contributed by atoms with E-state index in [2.05, 4.69) is 15.0 Å². The largest absolute Gasteiger partial charge is 0.496 e. The number of carbonyl (C=O) groups excluding carboxylic acids is 1. The van der Waals surface area contributed by atoms with Gasteiger partial charge in [-0.1, -0.05) is 32.0 Å². The van der Waals surface area contributed by atoms with Gasteiger partial charge in [-0.25, -0.2) is 8.42 Å². The maximum atomic E-state index is 13.0. The molecule has 0 fully saturated rings. The lowest BCUT2D eigenvalue weighted by molar-refractivity contribution is 0.0952. The van der Waals surface area contributed by atoms with Gasteiger partial charge in [0.2, 0.25) is 0 Å². The summed E-state index contributed by atoms with van der Waals surface area (Å²) in [4.78, 5) is 16.8. The summed E-state index contributed by atoms with van der Waals surface area (Å²) >= 11 is 0. The molecule has 0 saturated heterocycles. The van der Waals surface area contributed by atoms with E-state index in [4.69, 9.17) is 4.74 Å². The number of carbonyl (C=O) groups is 1. The lowest BCUT2D eigenvalue weighted by Gasteiger charge is -2.16. The third-order valence-corrected chi connectivity index (χ3v) is 6.09. The molecule has 2 aromatic carbocycles. The number of anilines is 1. The van der Waals surface area contributed by atoms with Gasteiger partial charge in [0.15, 0.2) is 0 Å². The standard InChI is InChI=1S/C23H25N3O4S/c1-16(2)20-13-18(10-11-22(20)30-3)31(28,29)26-21-9-5-4-8-19(21)23(27)25-15-17-7-6-12-24-14-17/h4-14,16,26H,15H2,1-3H3,(H,25,27). The van der Waals surface area contributed by atoms with Crippen LogP contribution in [0.25, 0.3) is 0 Å². The molecule has 0 aliphatic heterocycles. The second-order valence-corrected chi connectivity index (χ2v) is 8.94. The number of hydrogen-bond donors (Lipinski definition) is 2. The van der Waals surface area contributed by atoms with E-state index in [0.29, 0.717) is 5.75 Å². The number of amides is 1. The molecule has 0 unspecified atom stereocenters. The molecule has 31 heavy (non-hydrogen) atoms. The molecule has 1 aromatic heterocycles. The highest BCUT2D eigenvalue weighted by atomic mass is 32.2. The summed E-state index contributed by atoms with van der Waals surface area (Å²) in [6.45, 7) is 4.21. The minimum absolute atomic E-state index is 0.0793. The van der Waals surface area contributed by atoms with Crippen LogP contribution in [-0.2, 0) is 16.6 Å². The van der Waals surface area contributed by atoms with Crippen LogP contribution >= 0.6 is 0 Å². The second kappa shape index (κ2) is 9.61. The zero-order valence-electron chi connectivity index (χ0n) is 17.6. The molecular weight excluding hydrogens is 414 g/mol. The molecule has 0 bridgehead atoms. The molecule has 3 rings (SSSR count). The Hall–Kier alpha value is -3.39. The fourth-order valence-electron chi connectivity index (χ4n) is 3.08. The number of methoxy groups -OCH3 is 1. The van der Waals surface area contributed by atoms with Gasteiger partial charge in [-0.2, -0.15) is 0 Å². The molecule has 0 spiro atoms. The van der Waals surface area contributed by atoms with Crippen LogP contribution in [0, 0.1) is 0 Å². The van der Waals surface area contributed by atoms with Crippen LogP contribution in [-0.4, -0.2) is 26.4 Å². The molecular formula is C23H25N3O4S. The van der Waals surface area contributed by atoms with Crippen LogP contribution in [0.15, 0.2) is 71.9 Å². The average Bonchev–Trinajstić information content (AvgIpc) is 2.77. The maximum absolute atomic E-state index is 13.0. The Labute approximate surface area is 182 Å². The van der Waals surface area contributed by atoms with Crippen molar-refractivity contribution in [1.29, 1.82) is 0 Å². The van der Waals surface area contributed by atoms with Gasteiger partial charge < -0.3 is 10.1 Å². The van der Waals surface area contributed by atoms with E-state index in [1.807, 2.05) is 19.9 Å². The smallest absolute Gasteiger partial charge is 0.261 e. The summed E-state index contributed by atoms with van der Waals surface area (Å²) in [5, 5.41) is 2.79. The van der Waals surface area contributed by atoms with Crippen molar-refractivity contribution in [3.05, 3.63) is 83.7 Å². The zero-order valence-corrected chi connectivity index (χ0v) is 18.4. The van der Waals surface area contributed by atoms with Crippen LogP contribution in [0.1, 0.15) is 41.3 Å². The summed E-state index contributed by atoms with van der Waals surface area (Å²) in [5.74, 6) is 0.319. The lowest BCUT2D eigenvalue weighted by Crippen LogP contribution is -2.25. The summed E-state index contributed by atoms with van der Waals surface area (Å²) in [7, 11) is -2.36. The number of nitrogens with zero attached hydrogens (tertiary/aromatic N) is 1. The van der Waals surface area contributed by atoms with Gasteiger partial charge in [0.1, 0.15) is 5.75 Å². The molecule has 3 aromatic rings. The van der Waals surface area contributed by atoms with E-state index in [0.717, 1.165) is 11.1 Å². The second-order valence-electron chi connectivity index (χ2n) is 7.25. The maximum Gasteiger partial charge on any atom is 0.261 e. The third-order valence-electron chi connectivity index (χ3n) is 4.73. The van der Waals surface area contributed by atoms with Gasteiger partial charge in [-0.3, -0.25) is 14.5 Å². The molecule has 8 heteroatoms. The summed E-state index contributed by atoms with van der Waals surface area (Å²) in [6.07, 6.45) is 3.31. The van der Waals surface area contributed by atoms with Crippen LogP contribution in [0.4, 0.5) is 5.69 Å². The third kappa shape index (κ3) is 5.40. The first-order valence-electron chi connectivity index (χ1n) is 9.78. The topological polar surface area (TPSA) is 97.4 Å². The fraction of sp³-hybridized carbons (Fsp3) is 0.217. The molecule has 0 saturated carbocycles. The van der Waals surface area contributed by atoms with E-state index in [1.54, 1.807) is 62.0 Å². The van der Waals surface area contributed by atoms with Crippen LogP contribution in [0.5, 0.6) is 5.75 Å². The van der Waals surface area contributed by atoms with Crippen molar-refractivity contribution in [3.8, 4) is 5.75 Å². The molecule has 0 radical (unpaired) electrons. The molecule has 162 valence electrons. The fourth-order valence-corrected chi connectivity index (χ4v) is 4.20. The lowest BCUT2D eigenvalue weighted by atomic mass is 10.0. The van der Waals surface area contributed by atoms with Crippen molar-refractivity contribution in [1.82, 2.24) is 10.3 Å². The molecule has 0 aliphatic carbocycles. The molecule has 1 heterocycles. The van der Waals surface area contributed by atoms with E-state index < -0.39 is 10.0 Å². The molecule has 2 N–H and O–H groups in total. The van der Waals surface area contributed by atoms with E-state index >= 15 is 0 Å². The van der Waals surface area contributed by atoms with Gasteiger partial charge in [0.25, 0.3) is 15.9 Å². The Morgan fingerprint density at radius 3 is 2.55 bits per heavy atom. The van der Waals surface area contributed by atoms with E-state index in [1.165, 1.54) is 6.07 Å². The van der Waals surface area contributed by atoms with Gasteiger partial charge >= 0.3 is 0 Å². The first kappa shape index (κ1) is 22.3. The molecule has 1 amide bonds.